The van der Waals surface area contributed by atoms with Gasteiger partial charge >= 0.3 is 6.09 Å². The second-order valence-electron chi connectivity index (χ2n) is 8.61. The van der Waals surface area contributed by atoms with Crippen LogP contribution in [0.4, 0.5) is 24.4 Å². The summed E-state index contributed by atoms with van der Waals surface area (Å²) in [4.78, 5) is 22.6. The number of hydrogen-bond acceptors (Lipinski definition) is 8. The lowest BCUT2D eigenvalue weighted by Gasteiger charge is -2.53. The SMILES string of the molecule is CSc1nc(N2C3COCC2C3)c2cc(Br)c(-c3ccc(F)c4sc(NC(=O)O)c(C#N)c34)c(F)c2n1. The van der Waals surface area contributed by atoms with Crippen molar-refractivity contribution >= 4 is 76.9 Å². The van der Waals surface area contributed by atoms with Crippen molar-refractivity contribution in [3.63, 3.8) is 0 Å². The van der Waals surface area contributed by atoms with Crippen LogP contribution in [0.3, 0.4) is 0 Å². The Kier molecular flexibility index (Phi) is 5.95. The summed E-state index contributed by atoms with van der Waals surface area (Å²) in [6, 6.07) is 6.58. The van der Waals surface area contributed by atoms with E-state index in [1.165, 1.54) is 23.9 Å². The molecule has 2 N–H and O–H groups in total. The highest BCUT2D eigenvalue weighted by Gasteiger charge is 2.44. The minimum Gasteiger partial charge on any atom is -0.465 e. The number of morpholine rings is 1. The van der Waals surface area contributed by atoms with Gasteiger partial charge in [0.1, 0.15) is 28.2 Å². The van der Waals surface area contributed by atoms with E-state index in [0.29, 0.717) is 34.0 Å². The molecule has 0 spiro atoms. The lowest BCUT2D eigenvalue weighted by molar-refractivity contribution is 0.00983. The Morgan fingerprint density at radius 3 is 2.76 bits per heavy atom. The third kappa shape index (κ3) is 3.73. The van der Waals surface area contributed by atoms with Crippen LogP contribution in [0, 0.1) is 23.0 Å². The van der Waals surface area contributed by atoms with Crippen LogP contribution >= 0.6 is 39.0 Å². The lowest BCUT2D eigenvalue weighted by atomic mass is 9.90. The molecule has 2 fully saturated rings. The molecule has 4 heterocycles. The van der Waals surface area contributed by atoms with E-state index in [1.54, 1.807) is 6.07 Å². The van der Waals surface area contributed by atoms with Crippen molar-refractivity contribution in [2.24, 2.45) is 0 Å². The highest BCUT2D eigenvalue weighted by Crippen LogP contribution is 2.47. The zero-order valence-corrected chi connectivity index (χ0v) is 22.2. The second kappa shape index (κ2) is 9.05. The number of aromatic nitrogens is 2. The molecule has 0 aliphatic carbocycles. The highest BCUT2D eigenvalue weighted by atomic mass is 79.9. The van der Waals surface area contributed by atoms with Gasteiger partial charge < -0.3 is 14.7 Å². The van der Waals surface area contributed by atoms with Crippen molar-refractivity contribution in [3.8, 4) is 17.2 Å². The van der Waals surface area contributed by atoms with E-state index in [2.05, 4.69) is 31.1 Å². The summed E-state index contributed by atoms with van der Waals surface area (Å²) in [5.41, 5.74) is 0.366. The normalized spacial score (nSPS) is 18.6. The van der Waals surface area contributed by atoms with E-state index in [-0.39, 0.29) is 49.4 Å². The average Bonchev–Trinajstić information content (AvgIpc) is 3.24. The number of thiophene rings is 1. The molecule has 2 saturated heterocycles. The van der Waals surface area contributed by atoms with E-state index in [9.17, 15) is 19.6 Å². The van der Waals surface area contributed by atoms with Crippen LogP contribution in [0.2, 0.25) is 0 Å². The molecule has 2 aromatic heterocycles. The predicted molar refractivity (Wildman–Crippen MR) is 142 cm³/mol. The van der Waals surface area contributed by atoms with Gasteiger partial charge in [-0.2, -0.15) is 5.26 Å². The number of amides is 1. The molecule has 2 bridgehead atoms. The van der Waals surface area contributed by atoms with Crippen LogP contribution in [0.5, 0.6) is 0 Å². The van der Waals surface area contributed by atoms with Crippen molar-refractivity contribution < 1.29 is 23.4 Å². The van der Waals surface area contributed by atoms with Gasteiger partial charge in [0.15, 0.2) is 11.0 Å². The number of hydrogen-bond donors (Lipinski definition) is 2. The maximum absolute atomic E-state index is 16.4. The minimum atomic E-state index is -1.39. The first-order valence-corrected chi connectivity index (χ1v) is 13.9. The summed E-state index contributed by atoms with van der Waals surface area (Å²) in [5, 5.41) is 22.2. The third-order valence-corrected chi connectivity index (χ3v) is 8.90. The molecule has 13 heteroatoms. The summed E-state index contributed by atoms with van der Waals surface area (Å²) in [6.07, 6.45) is 1.41. The molecule has 6 rings (SSSR count). The molecule has 188 valence electrons. The first-order valence-electron chi connectivity index (χ1n) is 11.1. The number of benzene rings is 2. The number of halogens is 3. The maximum Gasteiger partial charge on any atom is 0.409 e. The number of rotatable bonds is 4. The van der Waals surface area contributed by atoms with Crippen molar-refractivity contribution in [3.05, 3.63) is 39.9 Å². The Morgan fingerprint density at radius 2 is 2.11 bits per heavy atom. The van der Waals surface area contributed by atoms with Crippen LogP contribution in [0.1, 0.15) is 12.0 Å². The highest BCUT2D eigenvalue weighted by molar-refractivity contribution is 9.10. The van der Waals surface area contributed by atoms with Crippen LogP contribution in [0.25, 0.3) is 32.1 Å². The molecular formula is C24H16BrF2N5O3S2. The molecule has 2 aromatic carbocycles. The van der Waals surface area contributed by atoms with Crippen molar-refractivity contribution in [1.29, 1.82) is 5.26 Å². The van der Waals surface area contributed by atoms with Gasteiger partial charge in [-0.25, -0.2) is 23.5 Å². The van der Waals surface area contributed by atoms with Gasteiger partial charge in [-0.1, -0.05) is 33.8 Å². The fourth-order valence-corrected chi connectivity index (χ4v) is 7.10. The molecule has 4 aromatic rings. The fourth-order valence-electron chi connectivity index (χ4n) is 5.05. The smallest absolute Gasteiger partial charge is 0.409 e. The lowest BCUT2D eigenvalue weighted by Crippen LogP contribution is -2.64. The molecular weight excluding hydrogens is 588 g/mol. The maximum atomic E-state index is 16.4. The number of nitrogens with one attached hydrogen (secondary N) is 1. The van der Waals surface area contributed by atoms with Crippen molar-refractivity contribution in [2.45, 2.75) is 23.7 Å². The van der Waals surface area contributed by atoms with Crippen LogP contribution in [0.15, 0.2) is 27.8 Å². The molecule has 2 aliphatic heterocycles. The molecule has 2 unspecified atom stereocenters. The Morgan fingerprint density at radius 1 is 1.35 bits per heavy atom. The quantitative estimate of drug-likeness (QED) is 0.209. The Hall–Kier alpha value is -3.05. The molecule has 2 atom stereocenters. The first-order chi connectivity index (χ1) is 17.8. The van der Waals surface area contributed by atoms with Crippen molar-refractivity contribution in [1.82, 2.24) is 9.97 Å². The van der Waals surface area contributed by atoms with Crippen molar-refractivity contribution in [2.75, 3.05) is 29.7 Å². The minimum absolute atomic E-state index is 0.0329. The topological polar surface area (TPSA) is 111 Å². The molecule has 2 aliphatic rings. The van der Waals surface area contributed by atoms with Crippen LogP contribution < -0.4 is 10.2 Å². The van der Waals surface area contributed by atoms with E-state index < -0.39 is 17.7 Å². The van der Waals surface area contributed by atoms with E-state index in [1.807, 2.05) is 12.3 Å². The van der Waals surface area contributed by atoms with E-state index in [0.717, 1.165) is 17.8 Å². The van der Waals surface area contributed by atoms with E-state index >= 15 is 4.39 Å². The third-order valence-electron chi connectivity index (χ3n) is 6.61. The average molecular weight is 604 g/mol. The zero-order valence-electron chi connectivity index (χ0n) is 19.0. The molecule has 37 heavy (non-hydrogen) atoms. The number of fused-ring (bicyclic) bond motifs is 4. The Balaban J connectivity index is 1.62. The fraction of sp³-hybridized carbons (Fsp3) is 0.250. The van der Waals surface area contributed by atoms with Gasteiger partial charge in [0, 0.05) is 20.8 Å². The number of ether oxygens (including phenoxy) is 1. The summed E-state index contributed by atoms with van der Waals surface area (Å²) in [7, 11) is 0. The number of carbonyl (C=O) groups is 1. The van der Waals surface area contributed by atoms with Gasteiger partial charge in [0.2, 0.25) is 0 Å². The number of anilines is 2. The standard InChI is InChI=1S/C24H16BrF2N5O3S2/c1-36-23-29-19-12(21(30-23)32-9-4-10(32)8-35-7-9)5-14(25)17(18(19)27)11-2-3-15(26)20-16(11)13(6-28)22(37-20)31-24(33)34/h2-3,5,9-10,31H,4,7-8H2,1H3,(H,33,34). The molecule has 8 nitrogen and oxygen atoms in total. The number of carboxylic acid groups (broad SMARTS) is 1. The van der Waals surface area contributed by atoms with Gasteiger partial charge in [-0.3, -0.25) is 5.32 Å². The predicted octanol–water partition coefficient (Wildman–Crippen LogP) is 6.21. The largest absolute Gasteiger partial charge is 0.465 e. The number of nitrogens with zero attached hydrogens (tertiary/aromatic N) is 4. The monoisotopic (exact) mass is 603 g/mol. The molecule has 0 radical (unpaired) electrons. The zero-order chi connectivity index (χ0) is 26.0. The second-order valence-corrected chi connectivity index (χ2v) is 11.3. The molecule has 0 saturated carbocycles. The summed E-state index contributed by atoms with van der Waals surface area (Å²) in [5.74, 6) is -0.659. The molecule has 1 amide bonds. The van der Waals surface area contributed by atoms with Gasteiger partial charge in [-0.05, 0) is 30.4 Å². The van der Waals surface area contributed by atoms with Gasteiger partial charge in [-0.15, -0.1) is 11.3 Å². The van der Waals surface area contributed by atoms with Crippen LogP contribution in [-0.2, 0) is 4.74 Å². The first kappa shape index (κ1) is 24.3. The Bertz CT molecular complexity index is 1660. The van der Waals surface area contributed by atoms with Gasteiger partial charge in [0.05, 0.1) is 35.6 Å². The number of nitriles is 1. The van der Waals surface area contributed by atoms with E-state index in [4.69, 9.17) is 9.72 Å². The Labute approximate surface area is 225 Å². The van der Waals surface area contributed by atoms with Gasteiger partial charge in [0.25, 0.3) is 0 Å². The number of thioether (sulfide) groups is 1. The summed E-state index contributed by atoms with van der Waals surface area (Å²) in [6.45, 7) is 1.15. The van der Waals surface area contributed by atoms with Crippen LogP contribution in [-0.4, -0.2) is 52.7 Å². The summed E-state index contributed by atoms with van der Waals surface area (Å²) >= 11 is 5.58. The summed E-state index contributed by atoms with van der Waals surface area (Å²) < 4.78 is 37.2.